The molecular weight excluding hydrogens is 300 g/mol. The zero-order valence-corrected chi connectivity index (χ0v) is 13.1. The molecule has 3 aromatic rings. The molecule has 2 aromatic heterocycles. The Morgan fingerprint density at radius 3 is 2.62 bits per heavy atom. The zero-order chi connectivity index (χ0) is 16.4. The molecular formula is C19H16N4O. The summed E-state index contributed by atoms with van der Waals surface area (Å²) in [6.45, 7) is 1.21. The summed E-state index contributed by atoms with van der Waals surface area (Å²) >= 11 is 0. The molecule has 0 spiro atoms. The summed E-state index contributed by atoms with van der Waals surface area (Å²) in [5.41, 5.74) is 3.49. The molecule has 1 aliphatic rings. The van der Waals surface area contributed by atoms with E-state index in [4.69, 9.17) is 0 Å². The van der Waals surface area contributed by atoms with E-state index in [2.05, 4.69) is 15.0 Å². The van der Waals surface area contributed by atoms with Gasteiger partial charge in [-0.3, -0.25) is 9.78 Å². The van der Waals surface area contributed by atoms with E-state index < -0.39 is 0 Å². The third kappa shape index (κ3) is 2.76. The molecule has 5 heteroatoms. The van der Waals surface area contributed by atoms with Crippen LogP contribution in [0.3, 0.4) is 0 Å². The second kappa shape index (κ2) is 6.20. The second-order valence-corrected chi connectivity index (χ2v) is 5.72. The van der Waals surface area contributed by atoms with Gasteiger partial charge in [0.15, 0.2) is 5.82 Å². The lowest BCUT2D eigenvalue weighted by Crippen LogP contribution is -2.36. The average molecular weight is 316 g/mol. The number of rotatable bonds is 2. The van der Waals surface area contributed by atoms with Crippen LogP contribution in [-0.4, -0.2) is 32.3 Å². The molecule has 4 rings (SSSR count). The predicted octanol–water partition coefficient (Wildman–Crippen LogP) is 2.74. The molecule has 0 aliphatic carbocycles. The third-order valence-corrected chi connectivity index (χ3v) is 4.14. The number of aromatic nitrogens is 3. The van der Waals surface area contributed by atoms with E-state index in [0.29, 0.717) is 24.5 Å². The van der Waals surface area contributed by atoms with Crippen molar-refractivity contribution in [1.29, 1.82) is 0 Å². The molecule has 0 saturated carbocycles. The van der Waals surface area contributed by atoms with E-state index >= 15 is 0 Å². The summed E-state index contributed by atoms with van der Waals surface area (Å²) in [7, 11) is 0. The first kappa shape index (κ1) is 14.5. The number of amides is 1. The molecule has 0 N–H and O–H groups in total. The maximum absolute atomic E-state index is 12.6. The van der Waals surface area contributed by atoms with Gasteiger partial charge in [-0.1, -0.05) is 24.3 Å². The van der Waals surface area contributed by atoms with Crippen molar-refractivity contribution in [2.45, 2.75) is 13.0 Å². The molecule has 0 fully saturated rings. The first-order valence-corrected chi connectivity index (χ1v) is 7.92. The first-order valence-electron chi connectivity index (χ1n) is 7.92. The minimum Gasteiger partial charge on any atom is -0.334 e. The van der Waals surface area contributed by atoms with Crippen LogP contribution >= 0.6 is 0 Å². The Labute approximate surface area is 140 Å². The van der Waals surface area contributed by atoms with Crippen LogP contribution in [-0.2, 0) is 13.0 Å². The smallest absolute Gasteiger partial charge is 0.254 e. The van der Waals surface area contributed by atoms with Crippen LogP contribution in [0.2, 0.25) is 0 Å². The van der Waals surface area contributed by atoms with Gasteiger partial charge in [0.2, 0.25) is 0 Å². The van der Waals surface area contributed by atoms with Crippen molar-refractivity contribution in [1.82, 2.24) is 19.9 Å². The van der Waals surface area contributed by atoms with Crippen LogP contribution in [0.4, 0.5) is 0 Å². The molecule has 1 aliphatic heterocycles. The summed E-state index contributed by atoms with van der Waals surface area (Å²) in [5, 5.41) is 0. The molecule has 0 unspecified atom stereocenters. The monoisotopic (exact) mass is 316 g/mol. The quantitative estimate of drug-likeness (QED) is 0.729. The highest BCUT2D eigenvalue weighted by Gasteiger charge is 2.23. The highest BCUT2D eigenvalue weighted by molar-refractivity contribution is 5.94. The van der Waals surface area contributed by atoms with Crippen molar-refractivity contribution in [2.24, 2.45) is 0 Å². The van der Waals surface area contributed by atoms with Gasteiger partial charge in [-0.15, -0.1) is 0 Å². The summed E-state index contributed by atoms with van der Waals surface area (Å²) in [6.07, 6.45) is 4.28. The Morgan fingerprint density at radius 2 is 1.83 bits per heavy atom. The van der Waals surface area contributed by atoms with Gasteiger partial charge in [0, 0.05) is 43.0 Å². The van der Waals surface area contributed by atoms with E-state index in [1.165, 1.54) is 0 Å². The van der Waals surface area contributed by atoms with Gasteiger partial charge in [0.05, 0.1) is 5.69 Å². The fraction of sp³-hybridized carbons (Fsp3) is 0.158. The van der Waals surface area contributed by atoms with E-state index in [0.717, 1.165) is 23.4 Å². The van der Waals surface area contributed by atoms with Gasteiger partial charge < -0.3 is 4.90 Å². The normalized spacial score (nSPS) is 13.4. The SMILES string of the molecule is O=C(c1ccccc1)N1CCc2nc(-c3ccccn3)ncc2C1. The van der Waals surface area contributed by atoms with Gasteiger partial charge >= 0.3 is 0 Å². The number of carbonyl (C=O) groups excluding carboxylic acids is 1. The minimum atomic E-state index is 0.0510. The number of fused-ring (bicyclic) bond motifs is 1. The zero-order valence-electron chi connectivity index (χ0n) is 13.1. The van der Waals surface area contributed by atoms with E-state index in [1.54, 1.807) is 6.20 Å². The maximum Gasteiger partial charge on any atom is 0.254 e. The van der Waals surface area contributed by atoms with Gasteiger partial charge in [-0.25, -0.2) is 9.97 Å². The molecule has 3 heterocycles. The minimum absolute atomic E-state index is 0.0510. The summed E-state index contributed by atoms with van der Waals surface area (Å²) in [4.78, 5) is 27.8. The lowest BCUT2D eigenvalue weighted by atomic mass is 10.1. The Kier molecular flexibility index (Phi) is 3.75. The van der Waals surface area contributed by atoms with Crippen molar-refractivity contribution < 1.29 is 4.79 Å². The lowest BCUT2D eigenvalue weighted by molar-refractivity contribution is 0.0733. The van der Waals surface area contributed by atoms with Crippen LogP contribution in [0.15, 0.2) is 60.9 Å². The first-order chi connectivity index (χ1) is 11.8. The fourth-order valence-corrected chi connectivity index (χ4v) is 2.87. The molecule has 0 bridgehead atoms. The topological polar surface area (TPSA) is 59.0 Å². The van der Waals surface area contributed by atoms with Crippen molar-refractivity contribution in [3.05, 3.63) is 77.7 Å². The highest BCUT2D eigenvalue weighted by Crippen LogP contribution is 2.21. The molecule has 1 amide bonds. The van der Waals surface area contributed by atoms with Gasteiger partial charge in [0.1, 0.15) is 5.69 Å². The number of pyridine rings is 1. The largest absolute Gasteiger partial charge is 0.334 e. The Balaban J connectivity index is 1.57. The Hall–Kier alpha value is -3.08. The number of hydrogen-bond donors (Lipinski definition) is 0. The summed E-state index contributed by atoms with van der Waals surface area (Å²) in [6, 6.07) is 15.1. The maximum atomic E-state index is 12.6. The Morgan fingerprint density at radius 1 is 1.00 bits per heavy atom. The molecule has 1 aromatic carbocycles. The van der Waals surface area contributed by atoms with Gasteiger partial charge in [-0.2, -0.15) is 0 Å². The van der Waals surface area contributed by atoms with E-state index in [1.807, 2.05) is 59.6 Å². The van der Waals surface area contributed by atoms with Crippen LogP contribution in [0.25, 0.3) is 11.5 Å². The Bertz CT molecular complexity index is 865. The van der Waals surface area contributed by atoms with Crippen molar-refractivity contribution in [2.75, 3.05) is 6.54 Å². The lowest BCUT2D eigenvalue weighted by Gasteiger charge is -2.28. The van der Waals surface area contributed by atoms with Crippen molar-refractivity contribution >= 4 is 5.91 Å². The van der Waals surface area contributed by atoms with Crippen LogP contribution in [0.1, 0.15) is 21.6 Å². The number of carbonyl (C=O) groups is 1. The average Bonchev–Trinajstić information content (AvgIpc) is 2.68. The van der Waals surface area contributed by atoms with Gasteiger partial charge in [0.25, 0.3) is 5.91 Å². The van der Waals surface area contributed by atoms with Crippen molar-refractivity contribution in [3.63, 3.8) is 0 Å². The standard InChI is InChI=1S/C19H16N4O/c24-19(14-6-2-1-3-7-14)23-11-9-16-15(13-23)12-21-18(22-16)17-8-4-5-10-20-17/h1-8,10,12H,9,11,13H2. The predicted molar refractivity (Wildman–Crippen MR) is 90.1 cm³/mol. The highest BCUT2D eigenvalue weighted by atomic mass is 16.2. The molecule has 118 valence electrons. The van der Waals surface area contributed by atoms with Crippen LogP contribution in [0.5, 0.6) is 0 Å². The third-order valence-electron chi connectivity index (χ3n) is 4.14. The molecule has 0 radical (unpaired) electrons. The van der Waals surface area contributed by atoms with Crippen molar-refractivity contribution in [3.8, 4) is 11.5 Å². The van der Waals surface area contributed by atoms with E-state index in [9.17, 15) is 4.79 Å². The molecule has 0 atom stereocenters. The fourth-order valence-electron chi connectivity index (χ4n) is 2.87. The summed E-state index contributed by atoms with van der Waals surface area (Å²) < 4.78 is 0. The van der Waals surface area contributed by atoms with E-state index in [-0.39, 0.29) is 5.91 Å². The number of hydrogen-bond acceptors (Lipinski definition) is 4. The molecule has 5 nitrogen and oxygen atoms in total. The number of benzene rings is 1. The molecule has 0 saturated heterocycles. The number of nitrogens with zero attached hydrogens (tertiary/aromatic N) is 4. The van der Waals surface area contributed by atoms with Crippen LogP contribution in [0, 0.1) is 0 Å². The summed E-state index contributed by atoms with van der Waals surface area (Å²) in [5.74, 6) is 0.687. The van der Waals surface area contributed by atoms with Gasteiger partial charge in [-0.05, 0) is 24.3 Å². The van der Waals surface area contributed by atoms with Crippen LogP contribution < -0.4 is 0 Å². The molecule has 24 heavy (non-hydrogen) atoms. The second-order valence-electron chi connectivity index (χ2n) is 5.72.